The van der Waals surface area contributed by atoms with Crippen LogP contribution in [0.15, 0.2) is 42.5 Å². The molecule has 198 valence electrons. The van der Waals surface area contributed by atoms with E-state index in [0.717, 1.165) is 24.7 Å². The predicted octanol–water partition coefficient (Wildman–Crippen LogP) is 4.67. The van der Waals surface area contributed by atoms with Crippen molar-refractivity contribution in [3.8, 4) is 0 Å². The second-order valence-corrected chi connectivity index (χ2v) is 11.1. The maximum Gasteiger partial charge on any atom is 0.242 e. The Bertz CT molecular complexity index is 1160. The van der Waals surface area contributed by atoms with Crippen LogP contribution in [0.25, 0.3) is 0 Å². The minimum Gasteiger partial charge on any atom is -0.354 e. The summed E-state index contributed by atoms with van der Waals surface area (Å²) in [5, 5.41) is 3.22. The zero-order valence-corrected chi connectivity index (χ0v) is 22.8. The van der Waals surface area contributed by atoms with Crippen LogP contribution in [0.5, 0.6) is 0 Å². The molecule has 2 aromatic rings. The summed E-state index contributed by atoms with van der Waals surface area (Å²) in [6.07, 6.45) is 3.00. The number of hydrogen-bond donors (Lipinski definition) is 1. The molecule has 0 radical (unpaired) electrons. The zero-order valence-electron chi connectivity index (χ0n) is 21.3. The summed E-state index contributed by atoms with van der Waals surface area (Å²) in [5.74, 6) is -1.15. The van der Waals surface area contributed by atoms with Gasteiger partial charge in [-0.25, -0.2) is 12.8 Å². The number of rotatable bonds is 13. The molecule has 1 N–H and O–H groups in total. The number of aryl methyl sites for hydroxylation is 1. The van der Waals surface area contributed by atoms with Gasteiger partial charge in [-0.1, -0.05) is 49.2 Å². The Morgan fingerprint density at radius 1 is 1.14 bits per heavy atom. The van der Waals surface area contributed by atoms with Gasteiger partial charge < -0.3 is 10.2 Å². The molecule has 0 bridgehead atoms. The summed E-state index contributed by atoms with van der Waals surface area (Å²) in [6.45, 7) is 5.87. The van der Waals surface area contributed by atoms with Crippen molar-refractivity contribution in [3.63, 3.8) is 0 Å². The molecular weight excluding hydrogens is 505 g/mol. The Balaban J connectivity index is 2.19. The van der Waals surface area contributed by atoms with E-state index in [1.54, 1.807) is 50.2 Å². The number of benzene rings is 2. The molecule has 2 amide bonds. The number of hydrogen-bond acceptors (Lipinski definition) is 4. The molecule has 10 heteroatoms. The number of nitrogens with zero attached hydrogens (tertiary/aromatic N) is 2. The highest BCUT2D eigenvalue weighted by atomic mass is 35.5. The fraction of sp³-hybridized carbons (Fsp3) is 0.462. The first-order chi connectivity index (χ1) is 17.0. The molecule has 36 heavy (non-hydrogen) atoms. The lowest BCUT2D eigenvalue weighted by Crippen LogP contribution is -2.48. The van der Waals surface area contributed by atoms with Gasteiger partial charge in [0, 0.05) is 36.6 Å². The topological polar surface area (TPSA) is 86.8 Å². The molecule has 2 aromatic carbocycles. The molecule has 2 rings (SSSR count). The van der Waals surface area contributed by atoms with E-state index in [0.29, 0.717) is 22.8 Å². The van der Waals surface area contributed by atoms with Crippen LogP contribution in [0, 0.1) is 12.7 Å². The van der Waals surface area contributed by atoms with Crippen molar-refractivity contribution in [1.82, 2.24) is 10.2 Å². The van der Waals surface area contributed by atoms with E-state index in [2.05, 4.69) is 5.32 Å². The molecular formula is C26H35ClFN3O4S. The number of anilines is 1. The van der Waals surface area contributed by atoms with Crippen molar-refractivity contribution >= 4 is 39.1 Å². The van der Waals surface area contributed by atoms with Gasteiger partial charge in [0.05, 0.1) is 11.9 Å². The molecule has 0 unspecified atom stereocenters. The Hall–Kier alpha value is -2.65. The molecule has 0 saturated heterocycles. The third-order valence-corrected chi connectivity index (χ3v) is 7.30. The van der Waals surface area contributed by atoms with E-state index >= 15 is 0 Å². The van der Waals surface area contributed by atoms with Gasteiger partial charge in [0.25, 0.3) is 0 Å². The van der Waals surface area contributed by atoms with Gasteiger partial charge >= 0.3 is 0 Å². The lowest BCUT2D eigenvalue weighted by Gasteiger charge is -2.29. The number of amides is 2. The van der Waals surface area contributed by atoms with Gasteiger partial charge in [0.15, 0.2) is 0 Å². The van der Waals surface area contributed by atoms with Crippen LogP contribution in [-0.4, -0.2) is 50.5 Å². The van der Waals surface area contributed by atoms with Crippen molar-refractivity contribution in [2.24, 2.45) is 0 Å². The second-order valence-electron chi connectivity index (χ2n) is 8.80. The molecule has 0 aliphatic rings. The van der Waals surface area contributed by atoms with Crippen LogP contribution in [0.2, 0.25) is 5.02 Å². The van der Waals surface area contributed by atoms with Gasteiger partial charge in [-0.3, -0.25) is 13.9 Å². The van der Waals surface area contributed by atoms with E-state index in [1.165, 1.54) is 15.3 Å². The largest absolute Gasteiger partial charge is 0.354 e. The summed E-state index contributed by atoms with van der Waals surface area (Å²) >= 11 is 6.09. The molecule has 0 saturated carbocycles. The third kappa shape index (κ3) is 8.48. The van der Waals surface area contributed by atoms with Crippen LogP contribution >= 0.6 is 11.6 Å². The average Bonchev–Trinajstić information content (AvgIpc) is 2.81. The summed E-state index contributed by atoms with van der Waals surface area (Å²) < 4.78 is 40.6. The van der Waals surface area contributed by atoms with Crippen LogP contribution < -0.4 is 9.62 Å². The van der Waals surface area contributed by atoms with E-state index in [-0.39, 0.29) is 37.7 Å². The van der Waals surface area contributed by atoms with Crippen molar-refractivity contribution in [1.29, 1.82) is 0 Å². The summed E-state index contributed by atoms with van der Waals surface area (Å²) in [7, 11) is -3.64. The molecule has 0 fully saturated rings. The van der Waals surface area contributed by atoms with Gasteiger partial charge in [-0.2, -0.15) is 0 Å². The predicted molar refractivity (Wildman–Crippen MR) is 142 cm³/mol. The molecule has 0 heterocycles. The molecule has 1 atom stereocenters. The Morgan fingerprint density at radius 2 is 1.83 bits per heavy atom. The smallest absolute Gasteiger partial charge is 0.242 e. The fourth-order valence-electron chi connectivity index (χ4n) is 3.76. The summed E-state index contributed by atoms with van der Waals surface area (Å²) in [4.78, 5) is 27.3. The quantitative estimate of drug-likeness (QED) is 0.375. The highest BCUT2D eigenvalue weighted by Crippen LogP contribution is 2.27. The minimum absolute atomic E-state index is 0.0212. The van der Waals surface area contributed by atoms with Gasteiger partial charge in [0.1, 0.15) is 11.9 Å². The van der Waals surface area contributed by atoms with Crippen LogP contribution in [0.1, 0.15) is 50.7 Å². The highest BCUT2D eigenvalue weighted by Gasteiger charge is 2.27. The molecule has 0 spiro atoms. The van der Waals surface area contributed by atoms with E-state index < -0.39 is 21.9 Å². The molecule has 0 aliphatic heterocycles. The summed E-state index contributed by atoms with van der Waals surface area (Å²) in [6, 6.07) is 10.3. The number of halogens is 2. The van der Waals surface area contributed by atoms with E-state index in [1.807, 2.05) is 6.92 Å². The number of nitrogens with one attached hydrogen (secondary N) is 1. The second kappa shape index (κ2) is 13.6. The molecule has 7 nitrogen and oxygen atoms in total. The molecule has 0 aromatic heterocycles. The average molecular weight is 540 g/mol. The lowest BCUT2D eigenvalue weighted by atomic mass is 10.1. The van der Waals surface area contributed by atoms with Crippen molar-refractivity contribution < 1.29 is 22.4 Å². The van der Waals surface area contributed by atoms with Crippen LogP contribution in [-0.2, 0) is 26.2 Å². The number of sulfonamides is 1. The zero-order chi connectivity index (χ0) is 26.9. The molecule has 0 aliphatic carbocycles. The van der Waals surface area contributed by atoms with Gasteiger partial charge in [0.2, 0.25) is 21.8 Å². The van der Waals surface area contributed by atoms with Crippen LogP contribution in [0.4, 0.5) is 10.1 Å². The van der Waals surface area contributed by atoms with Crippen molar-refractivity contribution in [3.05, 3.63) is 64.4 Å². The van der Waals surface area contributed by atoms with E-state index in [9.17, 15) is 22.4 Å². The van der Waals surface area contributed by atoms with Crippen molar-refractivity contribution in [2.75, 3.05) is 23.7 Å². The number of unbranched alkanes of at least 4 members (excludes halogenated alkanes) is 1. The number of carbonyl (C=O) groups excluding carboxylic acids is 2. The minimum atomic E-state index is -3.64. The lowest BCUT2D eigenvalue weighted by molar-refractivity contribution is -0.140. The third-order valence-electron chi connectivity index (χ3n) is 5.89. The van der Waals surface area contributed by atoms with Crippen molar-refractivity contribution in [2.45, 2.75) is 59.0 Å². The number of carbonyl (C=O) groups is 2. The first-order valence-electron chi connectivity index (χ1n) is 12.0. The fourth-order valence-corrected chi connectivity index (χ4v) is 4.94. The van der Waals surface area contributed by atoms with E-state index in [4.69, 9.17) is 11.6 Å². The standard InChI is InChI=1S/C26H35ClFN3O4S/c1-5-6-15-29-26(33)20(3)30(18-21-10-7-8-11-23(21)28)25(32)12-9-16-31(36(4,34)35)24-17-22(27)14-13-19(24)2/h7-8,10-11,13-14,17,20H,5-6,9,12,15-16,18H2,1-4H3,(H,29,33)/t20-/m0/s1. The van der Waals surface area contributed by atoms with Gasteiger partial charge in [-0.15, -0.1) is 0 Å². The maximum atomic E-state index is 14.4. The highest BCUT2D eigenvalue weighted by molar-refractivity contribution is 7.92. The SMILES string of the molecule is CCCCNC(=O)[C@H](C)N(Cc1ccccc1F)C(=O)CCCN(c1cc(Cl)ccc1C)S(C)(=O)=O. The van der Waals surface area contributed by atoms with Gasteiger partial charge in [-0.05, 0) is 50.5 Å². The summed E-state index contributed by atoms with van der Waals surface area (Å²) in [5.41, 5.74) is 1.48. The Kier molecular flexibility index (Phi) is 11.2. The Labute approximate surface area is 218 Å². The Morgan fingerprint density at radius 3 is 2.47 bits per heavy atom. The first-order valence-corrected chi connectivity index (χ1v) is 14.2. The monoisotopic (exact) mass is 539 g/mol. The first kappa shape index (κ1) is 29.6. The maximum absolute atomic E-state index is 14.4. The van der Waals surface area contributed by atoms with Crippen LogP contribution in [0.3, 0.4) is 0 Å². The normalized spacial score (nSPS) is 12.2.